The van der Waals surface area contributed by atoms with Crippen molar-refractivity contribution >= 4 is 32.6 Å². The molecule has 3 aromatic rings. The predicted molar refractivity (Wildman–Crippen MR) is 83.9 cm³/mol. The number of fused-ring (bicyclic) bond motifs is 1. The summed E-state index contributed by atoms with van der Waals surface area (Å²) < 4.78 is 13.6. The molecule has 0 aliphatic heterocycles. The molecule has 4 heteroatoms. The summed E-state index contributed by atoms with van der Waals surface area (Å²) in [5, 5.41) is 0.839. The van der Waals surface area contributed by atoms with Crippen LogP contribution in [-0.4, -0.2) is 10.8 Å². The molecule has 0 aliphatic carbocycles. The zero-order valence-electron chi connectivity index (χ0n) is 11.0. The lowest BCUT2D eigenvalue weighted by molar-refractivity contribution is 0.0994. The van der Waals surface area contributed by atoms with Crippen LogP contribution in [0.5, 0.6) is 0 Å². The maximum absolute atomic E-state index is 13.2. The number of pyridine rings is 1. The van der Waals surface area contributed by atoms with E-state index in [1.54, 1.807) is 24.4 Å². The average molecular weight is 344 g/mol. The number of rotatable bonds is 3. The molecule has 0 fully saturated rings. The van der Waals surface area contributed by atoms with Crippen molar-refractivity contribution in [2.45, 2.75) is 6.42 Å². The number of carbonyl (C=O) groups excluding carboxylic acids is 1. The van der Waals surface area contributed by atoms with Gasteiger partial charge in [0.1, 0.15) is 5.82 Å². The summed E-state index contributed by atoms with van der Waals surface area (Å²) in [5.74, 6) is -0.340. The summed E-state index contributed by atoms with van der Waals surface area (Å²) in [7, 11) is 0. The monoisotopic (exact) mass is 343 g/mol. The molecule has 0 spiro atoms. The Balaban J connectivity index is 1.95. The van der Waals surface area contributed by atoms with Crippen molar-refractivity contribution in [3.05, 3.63) is 76.1 Å². The second kappa shape index (κ2) is 5.74. The minimum Gasteiger partial charge on any atom is -0.294 e. The van der Waals surface area contributed by atoms with E-state index >= 15 is 0 Å². The SMILES string of the molecule is O=C(Cc1ccc(F)c(Br)c1)c1ccnc2ccccc12. The van der Waals surface area contributed by atoms with Crippen molar-refractivity contribution in [1.29, 1.82) is 0 Å². The number of Topliss-reactive ketones (excluding diaryl/α,β-unsaturated/α-hetero) is 1. The smallest absolute Gasteiger partial charge is 0.167 e. The van der Waals surface area contributed by atoms with Gasteiger partial charge in [-0.25, -0.2) is 4.39 Å². The van der Waals surface area contributed by atoms with Gasteiger partial charge in [0.2, 0.25) is 0 Å². The van der Waals surface area contributed by atoms with E-state index < -0.39 is 0 Å². The normalized spacial score (nSPS) is 10.8. The minimum atomic E-state index is -0.333. The van der Waals surface area contributed by atoms with E-state index in [1.807, 2.05) is 24.3 Å². The third-order valence-electron chi connectivity index (χ3n) is 3.30. The molecule has 0 amide bonds. The van der Waals surface area contributed by atoms with Gasteiger partial charge in [0, 0.05) is 23.6 Å². The molecule has 2 nitrogen and oxygen atoms in total. The second-order valence-corrected chi connectivity index (χ2v) is 5.58. The van der Waals surface area contributed by atoms with E-state index in [9.17, 15) is 9.18 Å². The van der Waals surface area contributed by atoms with Crippen molar-refractivity contribution in [1.82, 2.24) is 4.98 Å². The fourth-order valence-corrected chi connectivity index (χ4v) is 2.70. The van der Waals surface area contributed by atoms with Gasteiger partial charge < -0.3 is 0 Å². The van der Waals surface area contributed by atoms with Crippen molar-refractivity contribution in [3.63, 3.8) is 0 Å². The molecule has 0 aliphatic rings. The zero-order chi connectivity index (χ0) is 14.8. The van der Waals surface area contributed by atoms with Gasteiger partial charge in [-0.3, -0.25) is 9.78 Å². The van der Waals surface area contributed by atoms with E-state index in [1.165, 1.54) is 6.07 Å². The van der Waals surface area contributed by atoms with Gasteiger partial charge in [-0.1, -0.05) is 24.3 Å². The lowest BCUT2D eigenvalue weighted by Gasteiger charge is -2.06. The maximum atomic E-state index is 13.2. The third-order valence-corrected chi connectivity index (χ3v) is 3.91. The summed E-state index contributed by atoms with van der Waals surface area (Å²) in [6.07, 6.45) is 1.86. The summed E-state index contributed by atoms with van der Waals surface area (Å²) in [6.45, 7) is 0. The van der Waals surface area contributed by atoms with Gasteiger partial charge in [0.15, 0.2) is 5.78 Å². The van der Waals surface area contributed by atoms with Crippen LogP contribution in [-0.2, 0) is 6.42 Å². The molecule has 0 saturated carbocycles. The Morgan fingerprint density at radius 2 is 1.95 bits per heavy atom. The maximum Gasteiger partial charge on any atom is 0.167 e. The van der Waals surface area contributed by atoms with Crippen LogP contribution in [0, 0.1) is 5.82 Å². The lowest BCUT2D eigenvalue weighted by Crippen LogP contribution is -2.05. The first-order valence-electron chi connectivity index (χ1n) is 6.46. The van der Waals surface area contributed by atoms with Crippen molar-refractivity contribution < 1.29 is 9.18 Å². The Hall–Kier alpha value is -2.07. The topological polar surface area (TPSA) is 30.0 Å². The molecule has 1 heterocycles. The highest BCUT2D eigenvalue weighted by Gasteiger charge is 2.12. The number of halogens is 2. The number of nitrogens with zero attached hydrogens (tertiary/aromatic N) is 1. The fraction of sp³-hybridized carbons (Fsp3) is 0.0588. The van der Waals surface area contributed by atoms with Gasteiger partial charge >= 0.3 is 0 Å². The van der Waals surface area contributed by atoms with E-state index in [0.717, 1.165) is 16.5 Å². The largest absolute Gasteiger partial charge is 0.294 e. The van der Waals surface area contributed by atoms with Gasteiger partial charge in [0.25, 0.3) is 0 Å². The van der Waals surface area contributed by atoms with Gasteiger partial charge in [-0.15, -0.1) is 0 Å². The quantitative estimate of drug-likeness (QED) is 0.652. The Morgan fingerprint density at radius 1 is 1.14 bits per heavy atom. The first-order chi connectivity index (χ1) is 10.1. The molecule has 1 aromatic heterocycles. The van der Waals surface area contributed by atoms with Crippen molar-refractivity contribution in [2.24, 2.45) is 0 Å². The highest BCUT2D eigenvalue weighted by atomic mass is 79.9. The minimum absolute atomic E-state index is 0.00731. The molecule has 2 aromatic carbocycles. The van der Waals surface area contributed by atoms with Crippen LogP contribution in [0.4, 0.5) is 4.39 Å². The Morgan fingerprint density at radius 3 is 2.76 bits per heavy atom. The molecular formula is C17H11BrFNO. The highest BCUT2D eigenvalue weighted by molar-refractivity contribution is 9.10. The lowest BCUT2D eigenvalue weighted by atomic mass is 10.00. The summed E-state index contributed by atoms with van der Waals surface area (Å²) in [4.78, 5) is 16.7. The van der Waals surface area contributed by atoms with Crippen LogP contribution in [0.3, 0.4) is 0 Å². The highest BCUT2D eigenvalue weighted by Crippen LogP contribution is 2.21. The van der Waals surface area contributed by atoms with Crippen LogP contribution in [0.25, 0.3) is 10.9 Å². The first kappa shape index (κ1) is 13.9. The number of ketones is 1. The van der Waals surface area contributed by atoms with Gasteiger partial charge in [-0.2, -0.15) is 0 Å². The molecule has 0 bridgehead atoms. The Labute approximate surface area is 129 Å². The van der Waals surface area contributed by atoms with Crippen LogP contribution in [0.2, 0.25) is 0 Å². The summed E-state index contributed by atoms with van der Waals surface area (Å²) >= 11 is 3.14. The van der Waals surface area contributed by atoms with E-state index in [0.29, 0.717) is 10.0 Å². The molecule has 0 radical (unpaired) electrons. The van der Waals surface area contributed by atoms with Crippen LogP contribution >= 0.6 is 15.9 Å². The van der Waals surface area contributed by atoms with Crippen molar-refractivity contribution in [3.8, 4) is 0 Å². The van der Waals surface area contributed by atoms with Crippen LogP contribution in [0.15, 0.2) is 59.2 Å². The molecule has 3 rings (SSSR count). The molecule has 0 atom stereocenters. The Kier molecular flexibility index (Phi) is 3.80. The number of hydrogen-bond donors (Lipinski definition) is 0. The second-order valence-electron chi connectivity index (χ2n) is 4.72. The molecular weight excluding hydrogens is 333 g/mol. The average Bonchev–Trinajstić information content (AvgIpc) is 2.50. The van der Waals surface area contributed by atoms with Gasteiger partial charge in [0.05, 0.1) is 9.99 Å². The summed E-state index contributed by atoms with van der Waals surface area (Å²) in [5.41, 5.74) is 2.21. The third kappa shape index (κ3) is 2.85. The standard InChI is InChI=1S/C17H11BrFNO/c18-14-9-11(5-6-15(14)19)10-17(21)13-7-8-20-16-4-2-1-3-12(13)16/h1-9H,10H2. The van der Waals surface area contributed by atoms with E-state index in [-0.39, 0.29) is 18.0 Å². The molecule has 0 N–H and O–H groups in total. The number of para-hydroxylation sites is 1. The summed E-state index contributed by atoms with van der Waals surface area (Å²) in [6, 6.07) is 13.9. The van der Waals surface area contributed by atoms with Crippen LogP contribution in [0.1, 0.15) is 15.9 Å². The molecule has 0 unspecified atom stereocenters. The molecule has 104 valence electrons. The fourth-order valence-electron chi connectivity index (χ4n) is 2.27. The first-order valence-corrected chi connectivity index (χ1v) is 7.25. The molecule has 21 heavy (non-hydrogen) atoms. The number of aromatic nitrogens is 1. The van der Waals surface area contributed by atoms with Crippen molar-refractivity contribution in [2.75, 3.05) is 0 Å². The van der Waals surface area contributed by atoms with E-state index in [2.05, 4.69) is 20.9 Å². The number of hydrogen-bond acceptors (Lipinski definition) is 2. The zero-order valence-corrected chi connectivity index (χ0v) is 12.6. The predicted octanol–water partition coefficient (Wildman–Crippen LogP) is 4.56. The number of benzene rings is 2. The van der Waals surface area contributed by atoms with Gasteiger partial charge in [-0.05, 0) is 45.8 Å². The number of carbonyl (C=O) groups is 1. The Bertz CT molecular complexity index is 827. The van der Waals surface area contributed by atoms with Crippen LogP contribution < -0.4 is 0 Å². The van der Waals surface area contributed by atoms with E-state index in [4.69, 9.17) is 0 Å². The molecule has 0 saturated heterocycles.